The lowest BCUT2D eigenvalue weighted by Crippen LogP contribution is -2.13. The van der Waals surface area contributed by atoms with E-state index in [-0.39, 0.29) is 17.0 Å². The summed E-state index contributed by atoms with van der Waals surface area (Å²) in [6, 6.07) is 3.46. The number of anilines is 1. The standard InChI is InChI=1S/C14H14ClN3O2S/c1-20-12-7-11(15)16-14(17-12)18-13(19)10-6-8-4-2-3-5-9(8)21-10/h6-7H,2-5H2,1H3,(H,16,17,18,19). The first-order valence-electron chi connectivity index (χ1n) is 6.67. The third kappa shape index (κ3) is 3.16. The molecule has 1 aliphatic carbocycles. The number of hydrogen-bond donors (Lipinski definition) is 1. The highest BCUT2D eigenvalue weighted by atomic mass is 35.5. The predicted octanol–water partition coefficient (Wildman–Crippen LogP) is 3.33. The third-order valence-corrected chi connectivity index (χ3v) is 4.76. The number of aryl methyl sites for hydroxylation is 2. The number of amides is 1. The van der Waals surface area contributed by atoms with Gasteiger partial charge in [-0.1, -0.05) is 11.6 Å². The largest absolute Gasteiger partial charge is 0.481 e. The van der Waals surface area contributed by atoms with Gasteiger partial charge in [0.05, 0.1) is 12.0 Å². The number of hydrogen-bond acceptors (Lipinski definition) is 5. The third-order valence-electron chi connectivity index (χ3n) is 3.33. The molecule has 2 heterocycles. The Labute approximate surface area is 131 Å². The summed E-state index contributed by atoms with van der Waals surface area (Å²) in [7, 11) is 1.48. The molecule has 0 saturated heterocycles. The summed E-state index contributed by atoms with van der Waals surface area (Å²) in [4.78, 5) is 22.3. The topological polar surface area (TPSA) is 64.1 Å². The number of aromatic nitrogens is 2. The summed E-state index contributed by atoms with van der Waals surface area (Å²) in [6.45, 7) is 0. The van der Waals surface area contributed by atoms with Crippen LogP contribution in [0.4, 0.5) is 5.95 Å². The van der Waals surface area contributed by atoms with Gasteiger partial charge in [-0.05, 0) is 37.3 Å². The van der Waals surface area contributed by atoms with Crippen LogP contribution in [0.25, 0.3) is 0 Å². The lowest BCUT2D eigenvalue weighted by molar-refractivity contribution is 0.102. The van der Waals surface area contributed by atoms with Crippen LogP contribution in [-0.4, -0.2) is 23.0 Å². The molecular weight excluding hydrogens is 310 g/mol. The molecule has 1 N–H and O–H groups in total. The van der Waals surface area contributed by atoms with E-state index >= 15 is 0 Å². The van der Waals surface area contributed by atoms with Crippen molar-refractivity contribution in [2.75, 3.05) is 12.4 Å². The number of carbonyl (C=O) groups excluding carboxylic acids is 1. The smallest absolute Gasteiger partial charge is 0.268 e. The highest BCUT2D eigenvalue weighted by Gasteiger charge is 2.18. The first kappa shape index (κ1) is 14.3. The molecule has 0 spiro atoms. The Hall–Kier alpha value is -1.66. The number of fused-ring (bicyclic) bond motifs is 1. The van der Waals surface area contributed by atoms with Crippen LogP contribution >= 0.6 is 22.9 Å². The number of methoxy groups -OCH3 is 1. The van der Waals surface area contributed by atoms with Crippen LogP contribution < -0.4 is 10.1 Å². The lowest BCUT2D eigenvalue weighted by atomic mass is 9.99. The molecule has 0 aliphatic heterocycles. The molecule has 1 aliphatic rings. The minimum atomic E-state index is -0.210. The van der Waals surface area contributed by atoms with Crippen LogP contribution in [0.5, 0.6) is 5.88 Å². The van der Waals surface area contributed by atoms with Gasteiger partial charge in [0.1, 0.15) is 5.15 Å². The first-order chi connectivity index (χ1) is 10.2. The highest BCUT2D eigenvalue weighted by Crippen LogP contribution is 2.30. The molecule has 0 atom stereocenters. The van der Waals surface area contributed by atoms with Crippen molar-refractivity contribution in [3.8, 4) is 5.88 Å². The molecule has 0 fully saturated rings. The van der Waals surface area contributed by atoms with Gasteiger partial charge in [0.15, 0.2) is 0 Å². The predicted molar refractivity (Wildman–Crippen MR) is 82.5 cm³/mol. The minimum Gasteiger partial charge on any atom is -0.481 e. The fraction of sp³-hybridized carbons (Fsp3) is 0.357. The summed E-state index contributed by atoms with van der Waals surface area (Å²) < 4.78 is 5.00. The number of rotatable bonds is 3. The van der Waals surface area contributed by atoms with Crippen LogP contribution in [0.2, 0.25) is 5.15 Å². The van der Waals surface area contributed by atoms with Crippen molar-refractivity contribution in [3.05, 3.63) is 32.6 Å². The molecule has 0 radical (unpaired) electrons. The second-order valence-electron chi connectivity index (χ2n) is 4.78. The molecule has 110 valence electrons. The van der Waals surface area contributed by atoms with E-state index in [1.807, 2.05) is 6.07 Å². The Bertz CT molecular complexity index is 663. The van der Waals surface area contributed by atoms with Crippen molar-refractivity contribution >= 4 is 34.8 Å². The van der Waals surface area contributed by atoms with Gasteiger partial charge in [-0.25, -0.2) is 4.98 Å². The van der Waals surface area contributed by atoms with E-state index < -0.39 is 0 Å². The Morgan fingerprint density at radius 3 is 2.90 bits per heavy atom. The Balaban J connectivity index is 1.80. The molecule has 5 nitrogen and oxygen atoms in total. The lowest BCUT2D eigenvalue weighted by Gasteiger charge is -2.08. The van der Waals surface area contributed by atoms with Crippen molar-refractivity contribution in [3.63, 3.8) is 0 Å². The summed E-state index contributed by atoms with van der Waals surface area (Å²) in [5, 5.41) is 2.89. The molecule has 2 aromatic heterocycles. The maximum atomic E-state index is 12.3. The minimum absolute atomic E-state index is 0.149. The zero-order valence-electron chi connectivity index (χ0n) is 11.5. The van der Waals surface area contributed by atoms with Crippen molar-refractivity contribution < 1.29 is 9.53 Å². The summed E-state index contributed by atoms with van der Waals surface area (Å²) in [5.74, 6) is 0.255. The van der Waals surface area contributed by atoms with Crippen LogP contribution in [0.3, 0.4) is 0 Å². The van der Waals surface area contributed by atoms with E-state index in [0.29, 0.717) is 10.8 Å². The molecule has 0 aromatic carbocycles. The van der Waals surface area contributed by atoms with E-state index in [0.717, 1.165) is 12.8 Å². The van der Waals surface area contributed by atoms with Crippen molar-refractivity contribution in [2.24, 2.45) is 0 Å². The summed E-state index contributed by atoms with van der Waals surface area (Å²) in [6.07, 6.45) is 4.51. The fourth-order valence-electron chi connectivity index (χ4n) is 2.32. The van der Waals surface area contributed by atoms with E-state index in [4.69, 9.17) is 16.3 Å². The number of halogens is 1. The second-order valence-corrected chi connectivity index (χ2v) is 6.30. The molecule has 0 saturated carbocycles. The van der Waals surface area contributed by atoms with Crippen LogP contribution in [0.1, 0.15) is 33.0 Å². The molecule has 1 amide bonds. The van der Waals surface area contributed by atoms with Gasteiger partial charge in [-0.15, -0.1) is 11.3 Å². The normalized spacial score (nSPS) is 13.6. The molecule has 0 bridgehead atoms. The van der Waals surface area contributed by atoms with Gasteiger partial charge in [0, 0.05) is 10.9 Å². The maximum absolute atomic E-state index is 12.3. The number of thiophene rings is 1. The average molecular weight is 324 g/mol. The van der Waals surface area contributed by atoms with Crippen molar-refractivity contribution in [1.82, 2.24) is 9.97 Å². The van der Waals surface area contributed by atoms with Gasteiger partial charge in [0.2, 0.25) is 11.8 Å². The molecule has 7 heteroatoms. The first-order valence-corrected chi connectivity index (χ1v) is 7.86. The number of ether oxygens (including phenoxy) is 1. The fourth-order valence-corrected chi connectivity index (χ4v) is 3.65. The van der Waals surface area contributed by atoms with Crippen LogP contribution in [0, 0.1) is 0 Å². The molecule has 2 aromatic rings. The van der Waals surface area contributed by atoms with Gasteiger partial charge < -0.3 is 4.74 Å². The van der Waals surface area contributed by atoms with Gasteiger partial charge in [0.25, 0.3) is 5.91 Å². The van der Waals surface area contributed by atoms with E-state index in [9.17, 15) is 4.79 Å². The molecule has 21 heavy (non-hydrogen) atoms. The summed E-state index contributed by atoms with van der Waals surface area (Å²) >= 11 is 7.41. The average Bonchev–Trinajstić information content (AvgIpc) is 2.90. The zero-order valence-corrected chi connectivity index (χ0v) is 13.1. The van der Waals surface area contributed by atoms with Gasteiger partial charge >= 0.3 is 0 Å². The quantitative estimate of drug-likeness (QED) is 0.880. The molecule has 3 rings (SSSR count). The van der Waals surface area contributed by atoms with Crippen LogP contribution in [-0.2, 0) is 12.8 Å². The second kappa shape index (κ2) is 5.99. The van der Waals surface area contributed by atoms with E-state index in [1.54, 1.807) is 11.3 Å². The van der Waals surface area contributed by atoms with E-state index in [1.165, 1.54) is 36.5 Å². The zero-order chi connectivity index (χ0) is 14.8. The number of nitrogens with zero attached hydrogens (tertiary/aromatic N) is 2. The number of carbonyl (C=O) groups is 1. The van der Waals surface area contributed by atoms with Gasteiger partial charge in [-0.2, -0.15) is 4.98 Å². The van der Waals surface area contributed by atoms with Crippen molar-refractivity contribution in [2.45, 2.75) is 25.7 Å². The maximum Gasteiger partial charge on any atom is 0.268 e. The molecule has 0 unspecified atom stereocenters. The Morgan fingerprint density at radius 1 is 1.33 bits per heavy atom. The SMILES string of the molecule is COc1cc(Cl)nc(NC(=O)c2cc3c(s2)CCCC3)n1. The summed E-state index contributed by atoms with van der Waals surface area (Å²) in [5.41, 5.74) is 1.29. The monoisotopic (exact) mass is 323 g/mol. The van der Waals surface area contributed by atoms with Crippen molar-refractivity contribution in [1.29, 1.82) is 0 Å². The molecular formula is C14H14ClN3O2S. The van der Waals surface area contributed by atoms with E-state index in [2.05, 4.69) is 15.3 Å². The number of nitrogens with one attached hydrogen (secondary N) is 1. The van der Waals surface area contributed by atoms with Gasteiger partial charge in [-0.3, -0.25) is 10.1 Å². The van der Waals surface area contributed by atoms with Crippen LogP contribution in [0.15, 0.2) is 12.1 Å². The Kier molecular flexibility index (Phi) is 4.07. The highest BCUT2D eigenvalue weighted by molar-refractivity contribution is 7.14. The Morgan fingerprint density at radius 2 is 2.14 bits per heavy atom.